The lowest BCUT2D eigenvalue weighted by Crippen LogP contribution is -2.38. The summed E-state index contributed by atoms with van der Waals surface area (Å²) in [6, 6.07) is 7.95. The van der Waals surface area contributed by atoms with E-state index in [0.29, 0.717) is 0 Å². The number of anilines is 1. The van der Waals surface area contributed by atoms with Gasteiger partial charge in [0, 0.05) is 6.92 Å². The molecular weight excluding hydrogens is 601 g/mol. The number of carbonyl (C=O) groups is 2. The highest BCUT2D eigenvalue weighted by Gasteiger charge is 2.55. The van der Waals surface area contributed by atoms with E-state index in [9.17, 15) is 24.5 Å². The largest absolute Gasteiger partial charge is 0.479 e. The summed E-state index contributed by atoms with van der Waals surface area (Å²) >= 11 is 0. The maximum absolute atomic E-state index is 13.9. The van der Waals surface area contributed by atoms with Crippen LogP contribution in [0.15, 0.2) is 30.6 Å². The lowest BCUT2D eigenvalue weighted by molar-refractivity contribution is -0.146. The number of methoxy groups -OCH3 is 1. The molecular formula is C26H32N7O10P. The Balaban J connectivity index is 1.61. The average molecular weight is 634 g/mol. The SMILES string of the molecule is COc1nc(N)nc2c1ncn2C1OC(COP(=O)(NCC(=O)OC(C)C)Oc2ccccc2OC(C)=O)C(O)C1(C)C#N. The van der Waals surface area contributed by atoms with Crippen molar-refractivity contribution in [3.8, 4) is 23.4 Å². The number of aliphatic hydroxyl groups excluding tert-OH is 1. The molecule has 3 heterocycles. The molecule has 4 N–H and O–H groups in total. The Hall–Kier alpha value is -4.33. The van der Waals surface area contributed by atoms with E-state index in [1.807, 2.05) is 0 Å². The van der Waals surface area contributed by atoms with E-state index in [1.165, 1.54) is 50.1 Å². The quantitative estimate of drug-likeness (QED) is 0.147. The Morgan fingerprint density at radius 1 is 1.30 bits per heavy atom. The van der Waals surface area contributed by atoms with Gasteiger partial charge in [0.1, 0.15) is 24.2 Å². The van der Waals surface area contributed by atoms with Crippen LogP contribution in [0.2, 0.25) is 0 Å². The third-order valence-corrected chi connectivity index (χ3v) is 7.86. The molecule has 18 heteroatoms. The van der Waals surface area contributed by atoms with Crippen molar-refractivity contribution in [2.24, 2.45) is 5.41 Å². The van der Waals surface area contributed by atoms with Gasteiger partial charge in [-0.05, 0) is 32.9 Å². The number of benzene rings is 1. The van der Waals surface area contributed by atoms with E-state index in [0.717, 1.165) is 0 Å². The van der Waals surface area contributed by atoms with Crippen LogP contribution < -0.4 is 24.8 Å². The Morgan fingerprint density at radius 2 is 2.00 bits per heavy atom. The molecule has 1 aliphatic rings. The van der Waals surface area contributed by atoms with Crippen LogP contribution in [0.4, 0.5) is 5.95 Å². The van der Waals surface area contributed by atoms with Gasteiger partial charge in [0.25, 0.3) is 0 Å². The molecule has 1 saturated heterocycles. The van der Waals surface area contributed by atoms with Gasteiger partial charge in [-0.25, -0.2) is 14.6 Å². The minimum Gasteiger partial charge on any atom is -0.479 e. The molecule has 17 nitrogen and oxygen atoms in total. The third-order valence-electron chi connectivity index (χ3n) is 6.39. The van der Waals surface area contributed by atoms with E-state index < -0.39 is 62.8 Å². The fourth-order valence-electron chi connectivity index (χ4n) is 4.38. The van der Waals surface area contributed by atoms with E-state index in [-0.39, 0.29) is 34.5 Å². The number of hydrogen-bond donors (Lipinski definition) is 3. The molecule has 1 aliphatic heterocycles. The van der Waals surface area contributed by atoms with Crippen molar-refractivity contribution in [1.82, 2.24) is 24.6 Å². The molecule has 0 saturated carbocycles. The normalized spacial score (nSPS) is 22.7. The van der Waals surface area contributed by atoms with Crippen LogP contribution in [0.25, 0.3) is 11.2 Å². The second kappa shape index (κ2) is 13.1. The first-order valence-electron chi connectivity index (χ1n) is 13.2. The maximum atomic E-state index is 13.9. The Labute approximate surface area is 251 Å². The standard InChI is InChI=1S/C26H32N7O10P/c1-14(2)40-19(35)10-30-44(37,43-17-9-7-6-8-16(17)41-15(3)34)39-11-18-21(36)26(4,12-27)24(42-18)33-13-29-20-22(33)31-25(28)32-23(20)38-5/h6-9,13-14,18,21,24,36H,10-11H2,1-5H3,(H,30,37)(H2,28,31,32). The summed E-state index contributed by atoms with van der Waals surface area (Å²) < 4.78 is 48.1. The van der Waals surface area contributed by atoms with Crippen LogP contribution in [-0.4, -0.2) is 75.1 Å². The first kappa shape index (κ1) is 32.6. The predicted octanol–water partition coefficient (Wildman–Crippen LogP) is 1.88. The number of hydrogen-bond acceptors (Lipinski definition) is 15. The maximum Gasteiger partial charge on any atom is 0.459 e. The average Bonchev–Trinajstić information content (AvgIpc) is 3.49. The van der Waals surface area contributed by atoms with Gasteiger partial charge in [-0.2, -0.15) is 15.2 Å². The number of imidazole rings is 1. The van der Waals surface area contributed by atoms with Gasteiger partial charge in [0.2, 0.25) is 11.8 Å². The van der Waals surface area contributed by atoms with E-state index >= 15 is 0 Å². The first-order valence-corrected chi connectivity index (χ1v) is 14.8. The lowest BCUT2D eigenvalue weighted by Gasteiger charge is -2.26. The molecule has 0 amide bonds. The summed E-state index contributed by atoms with van der Waals surface area (Å²) in [5, 5.41) is 23.8. The first-order chi connectivity index (χ1) is 20.8. The second-order valence-electron chi connectivity index (χ2n) is 10.1. The van der Waals surface area contributed by atoms with Crippen LogP contribution in [0.3, 0.4) is 0 Å². The summed E-state index contributed by atoms with van der Waals surface area (Å²) in [5.41, 5.74) is 4.65. The van der Waals surface area contributed by atoms with Crippen molar-refractivity contribution in [3.63, 3.8) is 0 Å². The van der Waals surface area contributed by atoms with Crippen molar-refractivity contribution in [1.29, 1.82) is 5.26 Å². The molecule has 0 radical (unpaired) electrons. The number of esters is 2. The number of nitrogens with one attached hydrogen (secondary N) is 1. The van der Waals surface area contributed by atoms with Crippen molar-refractivity contribution >= 4 is 36.8 Å². The smallest absolute Gasteiger partial charge is 0.459 e. The fourth-order valence-corrected chi connectivity index (χ4v) is 5.66. The number of fused-ring (bicyclic) bond motifs is 1. The van der Waals surface area contributed by atoms with Gasteiger partial charge in [-0.1, -0.05) is 12.1 Å². The Bertz CT molecular complexity index is 1630. The summed E-state index contributed by atoms with van der Waals surface area (Å²) in [6.07, 6.45) is -3.01. The third kappa shape index (κ3) is 6.90. The van der Waals surface area contributed by atoms with Gasteiger partial charge in [-0.3, -0.25) is 18.7 Å². The number of para-hydroxylation sites is 2. The minimum absolute atomic E-state index is 0.0617. The van der Waals surface area contributed by atoms with Gasteiger partial charge in [0.15, 0.2) is 28.9 Å². The number of nitrogens with two attached hydrogens (primary N) is 1. The number of nitriles is 1. The van der Waals surface area contributed by atoms with Gasteiger partial charge < -0.3 is 34.3 Å². The number of aliphatic hydroxyl groups is 1. The second-order valence-corrected chi connectivity index (χ2v) is 11.8. The topological polar surface area (TPSA) is 232 Å². The number of ether oxygens (including phenoxy) is 4. The summed E-state index contributed by atoms with van der Waals surface area (Å²) in [7, 11) is -3.08. The Morgan fingerprint density at radius 3 is 2.64 bits per heavy atom. The van der Waals surface area contributed by atoms with Gasteiger partial charge >= 0.3 is 19.7 Å². The molecule has 0 bridgehead atoms. The Kier molecular flexibility index (Phi) is 9.72. The van der Waals surface area contributed by atoms with Crippen molar-refractivity contribution in [3.05, 3.63) is 30.6 Å². The zero-order chi connectivity index (χ0) is 32.2. The van der Waals surface area contributed by atoms with E-state index in [2.05, 4.69) is 26.1 Å². The number of carbonyl (C=O) groups excluding carboxylic acids is 2. The van der Waals surface area contributed by atoms with Crippen molar-refractivity contribution in [2.75, 3.05) is 26.0 Å². The molecule has 1 fully saturated rings. The summed E-state index contributed by atoms with van der Waals surface area (Å²) in [6.45, 7) is 4.75. The molecule has 236 valence electrons. The van der Waals surface area contributed by atoms with Crippen molar-refractivity contribution < 1.29 is 47.3 Å². The van der Waals surface area contributed by atoms with Crippen LogP contribution in [0.5, 0.6) is 17.4 Å². The predicted molar refractivity (Wildman–Crippen MR) is 151 cm³/mol. The summed E-state index contributed by atoms with van der Waals surface area (Å²) in [5.74, 6) is -1.64. The molecule has 44 heavy (non-hydrogen) atoms. The molecule has 3 aromatic rings. The molecule has 1 aromatic carbocycles. The lowest BCUT2D eigenvalue weighted by atomic mass is 9.84. The molecule has 2 aromatic heterocycles. The zero-order valence-corrected chi connectivity index (χ0v) is 25.4. The molecule has 4 rings (SSSR count). The van der Waals surface area contributed by atoms with Crippen LogP contribution in [0, 0.1) is 16.7 Å². The highest BCUT2D eigenvalue weighted by molar-refractivity contribution is 7.52. The molecule has 0 spiro atoms. The van der Waals surface area contributed by atoms with Gasteiger partial charge in [-0.15, -0.1) is 0 Å². The monoisotopic (exact) mass is 633 g/mol. The minimum atomic E-state index is -4.46. The van der Waals surface area contributed by atoms with Crippen molar-refractivity contribution in [2.45, 2.75) is 52.2 Å². The summed E-state index contributed by atoms with van der Waals surface area (Å²) in [4.78, 5) is 36.2. The molecule has 5 atom stereocenters. The highest BCUT2D eigenvalue weighted by atomic mass is 31.2. The fraction of sp³-hybridized carbons (Fsp3) is 0.462. The van der Waals surface area contributed by atoms with Crippen LogP contribution >= 0.6 is 7.75 Å². The number of nitrogens with zero attached hydrogens (tertiary/aromatic N) is 5. The molecule has 0 aliphatic carbocycles. The molecule has 5 unspecified atom stereocenters. The van der Waals surface area contributed by atoms with E-state index in [4.69, 9.17) is 33.7 Å². The highest BCUT2D eigenvalue weighted by Crippen LogP contribution is 2.50. The van der Waals surface area contributed by atoms with Crippen LogP contribution in [-0.2, 0) is 28.2 Å². The van der Waals surface area contributed by atoms with E-state index in [1.54, 1.807) is 19.9 Å². The number of nitrogen functional groups attached to an aromatic ring is 1. The number of aromatic nitrogens is 4. The van der Waals surface area contributed by atoms with Crippen LogP contribution in [0.1, 0.15) is 33.9 Å². The zero-order valence-electron chi connectivity index (χ0n) is 24.5. The number of rotatable bonds is 12. The van der Waals surface area contributed by atoms with Gasteiger partial charge in [0.05, 0.1) is 32.2 Å².